The van der Waals surface area contributed by atoms with Gasteiger partial charge in [0.1, 0.15) is 5.60 Å². The van der Waals surface area contributed by atoms with Gasteiger partial charge in [0, 0.05) is 12.4 Å². The molecule has 1 unspecified atom stereocenters. The smallest absolute Gasteiger partial charge is 0.408 e. The summed E-state index contributed by atoms with van der Waals surface area (Å²) in [6, 6.07) is 2.94. The quantitative estimate of drug-likeness (QED) is 0.863. The van der Waals surface area contributed by atoms with Gasteiger partial charge in [-0.2, -0.15) is 0 Å². The van der Waals surface area contributed by atoms with Crippen LogP contribution >= 0.6 is 0 Å². The highest BCUT2D eigenvalue weighted by Crippen LogP contribution is 2.16. The van der Waals surface area contributed by atoms with Crippen molar-refractivity contribution in [1.29, 1.82) is 0 Å². The van der Waals surface area contributed by atoms with Crippen LogP contribution in [0, 0.1) is 0 Å². The van der Waals surface area contributed by atoms with Gasteiger partial charge in [0.2, 0.25) is 5.91 Å². The molecule has 1 atom stereocenters. The number of carbonyl (C=O) groups excluding carboxylic acids is 2. The number of alkyl carbamates (subject to hydrolysis) is 1. The largest absolute Gasteiger partial charge is 0.444 e. The number of nitrogens with two attached hydrogens (primary N) is 1. The summed E-state index contributed by atoms with van der Waals surface area (Å²) < 4.78 is 5.15. The minimum Gasteiger partial charge on any atom is -0.444 e. The van der Waals surface area contributed by atoms with Gasteiger partial charge in [-0.3, -0.25) is 9.78 Å². The van der Waals surface area contributed by atoms with E-state index >= 15 is 0 Å². The van der Waals surface area contributed by atoms with Crippen LogP contribution in [0.5, 0.6) is 0 Å². The molecular formula is C13H19N3O3. The lowest BCUT2D eigenvalue weighted by atomic mass is 10.1. The van der Waals surface area contributed by atoms with Gasteiger partial charge in [0.25, 0.3) is 0 Å². The molecule has 19 heavy (non-hydrogen) atoms. The Hall–Kier alpha value is -2.11. The molecule has 1 heterocycles. The highest BCUT2D eigenvalue weighted by atomic mass is 16.6. The van der Waals surface area contributed by atoms with E-state index in [1.165, 1.54) is 0 Å². The van der Waals surface area contributed by atoms with Crippen LogP contribution in [0.1, 0.15) is 38.8 Å². The Morgan fingerprint density at radius 3 is 2.63 bits per heavy atom. The van der Waals surface area contributed by atoms with Gasteiger partial charge in [-0.1, -0.05) is 6.07 Å². The molecule has 0 aromatic carbocycles. The van der Waals surface area contributed by atoms with Crippen LogP contribution < -0.4 is 11.1 Å². The van der Waals surface area contributed by atoms with Crippen molar-refractivity contribution in [2.75, 3.05) is 0 Å². The standard InChI is InChI=1S/C13H19N3O3/c1-13(2,3)19-12(18)16-10(7-11(14)17)9-5-4-6-15-8-9/h4-6,8,10H,7H2,1-3H3,(H2,14,17)(H,16,18). The molecule has 104 valence electrons. The second kappa shape index (κ2) is 6.17. The maximum atomic E-state index is 11.7. The minimum atomic E-state index is -0.601. The highest BCUT2D eigenvalue weighted by Gasteiger charge is 2.21. The lowest BCUT2D eigenvalue weighted by molar-refractivity contribution is -0.118. The molecule has 2 amide bonds. The van der Waals surface area contributed by atoms with Crippen LogP contribution in [0.25, 0.3) is 0 Å². The van der Waals surface area contributed by atoms with Gasteiger partial charge in [-0.25, -0.2) is 4.79 Å². The van der Waals surface area contributed by atoms with Crippen molar-refractivity contribution in [3.05, 3.63) is 30.1 Å². The maximum absolute atomic E-state index is 11.7. The molecule has 0 aliphatic carbocycles. The zero-order valence-electron chi connectivity index (χ0n) is 11.3. The van der Waals surface area contributed by atoms with E-state index in [-0.39, 0.29) is 6.42 Å². The molecule has 3 N–H and O–H groups in total. The first-order valence-electron chi connectivity index (χ1n) is 5.95. The molecule has 6 heteroatoms. The van der Waals surface area contributed by atoms with Gasteiger partial charge in [-0.15, -0.1) is 0 Å². The number of hydrogen-bond donors (Lipinski definition) is 2. The molecule has 1 aromatic rings. The van der Waals surface area contributed by atoms with Gasteiger partial charge in [0.05, 0.1) is 12.5 Å². The fraction of sp³-hybridized carbons (Fsp3) is 0.462. The summed E-state index contributed by atoms with van der Waals surface area (Å²) in [7, 11) is 0. The normalized spacial score (nSPS) is 12.6. The van der Waals surface area contributed by atoms with Crippen molar-refractivity contribution in [2.24, 2.45) is 5.73 Å². The number of hydrogen-bond acceptors (Lipinski definition) is 4. The molecule has 1 aromatic heterocycles. The van der Waals surface area contributed by atoms with E-state index in [2.05, 4.69) is 10.3 Å². The number of amides is 2. The molecule has 0 spiro atoms. The number of nitrogens with zero attached hydrogens (tertiary/aromatic N) is 1. The average Bonchev–Trinajstić information content (AvgIpc) is 2.26. The first kappa shape index (κ1) is 14.9. The molecule has 0 aliphatic rings. The summed E-state index contributed by atoms with van der Waals surface area (Å²) in [5.41, 5.74) is 5.28. The van der Waals surface area contributed by atoms with Gasteiger partial charge < -0.3 is 15.8 Å². The fourth-order valence-corrected chi connectivity index (χ4v) is 1.49. The molecule has 6 nitrogen and oxygen atoms in total. The molecule has 0 saturated heterocycles. The number of aromatic nitrogens is 1. The lowest BCUT2D eigenvalue weighted by Crippen LogP contribution is -2.36. The summed E-state index contributed by atoms with van der Waals surface area (Å²) in [6.45, 7) is 5.29. The van der Waals surface area contributed by atoms with Crippen molar-refractivity contribution in [1.82, 2.24) is 10.3 Å². The van der Waals surface area contributed by atoms with Crippen molar-refractivity contribution in [3.8, 4) is 0 Å². The molecule has 0 fully saturated rings. The summed E-state index contributed by atoms with van der Waals surface area (Å²) in [6.07, 6.45) is 2.58. The number of primary amides is 1. The first-order chi connectivity index (χ1) is 8.78. The van der Waals surface area contributed by atoms with Crippen molar-refractivity contribution in [3.63, 3.8) is 0 Å². The zero-order valence-corrected chi connectivity index (χ0v) is 11.3. The molecule has 1 rings (SSSR count). The SMILES string of the molecule is CC(C)(C)OC(=O)NC(CC(N)=O)c1cccnc1. The van der Waals surface area contributed by atoms with Crippen molar-refractivity contribution in [2.45, 2.75) is 38.8 Å². The third-order valence-corrected chi connectivity index (χ3v) is 2.18. The molecule has 0 saturated carbocycles. The van der Waals surface area contributed by atoms with Crippen molar-refractivity contribution >= 4 is 12.0 Å². The third-order valence-electron chi connectivity index (χ3n) is 2.18. The number of nitrogens with one attached hydrogen (secondary N) is 1. The Morgan fingerprint density at radius 1 is 1.47 bits per heavy atom. The lowest BCUT2D eigenvalue weighted by Gasteiger charge is -2.23. The van der Waals surface area contributed by atoms with Gasteiger partial charge in [0.15, 0.2) is 0 Å². The van der Waals surface area contributed by atoms with Crippen LogP contribution in [0.3, 0.4) is 0 Å². The Kier molecular flexibility index (Phi) is 4.86. The zero-order chi connectivity index (χ0) is 14.5. The van der Waals surface area contributed by atoms with E-state index in [1.807, 2.05) is 0 Å². The van der Waals surface area contributed by atoms with E-state index in [0.29, 0.717) is 5.56 Å². The summed E-state index contributed by atoms with van der Waals surface area (Å²) in [4.78, 5) is 26.7. The second-order valence-corrected chi connectivity index (χ2v) is 5.16. The van der Waals surface area contributed by atoms with Crippen LogP contribution in [0.2, 0.25) is 0 Å². The van der Waals surface area contributed by atoms with E-state index in [1.54, 1.807) is 45.3 Å². The van der Waals surface area contributed by atoms with Crippen LogP contribution in [0.4, 0.5) is 4.79 Å². The number of rotatable bonds is 4. The number of ether oxygens (including phenoxy) is 1. The Morgan fingerprint density at radius 2 is 2.16 bits per heavy atom. The van der Waals surface area contributed by atoms with E-state index in [0.717, 1.165) is 0 Å². The van der Waals surface area contributed by atoms with Gasteiger partial charge >= 0.3 is 6.09 Å². The first-order valence-corrected chi connectivity index (χ1v) is 5.95. The van der Waals surface area contributed by atoms with E-state index < -0.39 is 23.6 Å². The average molecular weight is 265 g/mol. The third kappa shape index (κ3) is 5.85. The fourth-order valence-electron chi connectivity index (χ4n) is 1.49. The predicted molar refractivity (Wildman–Crippen MR) is 70.2 cm³/mol. The minimum absolute atomic E-state index is 0.00899. The molecular weight excluding hydrogens is 246 g/mol. The Balaban J connectivity index is 2.76. The van der Waals surface area contributed by atoms with E-state index in [9.17, 15) is 9.59 Å². The summed E-state index contributed by atoms with van der Waals surface area (Å²) >= 11 is 0. The topological polar surface area (TPSA) is 94.3 Å². The number of carbonyl (C=O) groups is 2. The molecule has 0 aliphatic heterocycles. The predicted octanol–water partition coefficient (Wildman–Crippen LogP) is 1.52. The Labute approximate surface area is 112 Å². The highest BCUT2D eigenvalue weighted by molar-refractivity contribution is 5.76. The summed E-state index contributed by atoms with van der Waals surface area (Å²) in [5, 5.41) is 2.62. The van der Waals surface area contributed by atoms with Crippen LogP contribution in [-0.4, -0.2) is 22.6 Å². The van der Waals surface area contributed by atoms with Crippen molar-refractivity contribution < 1.29 is 14.3 Å². The maximum Gasteiger partial charge on any atom is 0.408 e. The monoisotopic (exact) mass is 265 g/mol. The van der Waals surface area contributed by atoms with Gasteiger partial charge in [-0.05, 0) is 32.4 Å². The number of pyridine rings is 1. The molecule has 0 bridgehead atoms. The molecule has 0 radical (unpaired) electrons. The Bertz CT molecular complexity index is 440. The second-order valence-electron chi connectivity index (χ2n) is 5.16. The summed E-state index contributed by atoms with van der Waals surface area (Å²) in [5.74, 6) is -0.509. The van der Waals surface area contributed by atoms with Crippen LogP contribution in [-0.2, 0) is 9.53 Å². The van der Waals surface area contributed by atoms with E-state index in [4.69, 9.17) is 10.5 Å². The van der Waals surface area contributed by atoms with Crippen LogP contribution in [0.15, 0.2) is 24.5 Å².